The second-order valence-corrected chi connectivity index (χ2v) is 6.04. The van der Waals surface area contributed by atoms with Crippen LogP contribution in [0.25, 0.3) is 0 Å². The molecule has 0 bridgehead atoms. The largest absolute Gasteiger partial charge is 0.481 e. The second kappa shape index (κ2) is 13.4. The number of ether oxygens (including phenoxy) is 3. The van der Waals surface area contributed by atoms with Gasteiger partial charge in [-0.15, -0.1) is 6.58 Å². The van der Waals surface area contributed by atoms with E-state index in [-0.39, 0.29) is 32.1 Å². The van der Waals surface area contributed by atoms with Gasteiger partial charge in [0.25, 0.3) is 5.91 Å². The van der Waals surface area contributed by atoms with E-state index in [2.05, 4.69) is 11.9 Å². The molecule has 0 radical (unpaired) electrons. The predicted molar refractivity (Wildman–Crippen MR) is 102 cm³/mol. The molecular weight excluding hydrogens is 364 g/mol. The van der Waals surface area contributed by atoms with E-state index in [1.807, 2.05) is 6.07 Å². The molecule has 28 heavy (non-hydrogen) atoms. The van der Waals surface area contributed by atoms with Crippen LogP contribution in [-0.2, 0) is 19.0 Å². The molecule has 152 valence electrons. The molecule has 0 saturated carbocycles. The monoisotopic (exact) mass is 390 g/mol. The Morgan fingerprint density at radius 1 is 1.29 bits per heavy atom. The number of carboxylic acids is 1. The van der Waals surface area contributed by atoms with Gasteiger partial charge in [0, 0.05) is 12.7 Å². The predicted octanol–water partition coefficient (Wildman–Crippen LogP) is 1.96. The zero-order chi connectivity index (χ0) is 20.8. The Kier molecular flexibility index (Phi) is 11.2. The Morgan fingerprint density at radius 2 is 2.00 bits per heavy atom. The number of nitriles is 1. The van der Waals surface area contributed by atoms with Crippen LogP contribution in [0, 0.1) is 17.2 Å². The van der Waals surface area contributed by atoms with Crippen molar-refractivity contribution >= 4 is 11.9 Å². The maximum Gasteiger partial charge on any atom is 0.306 e. The number of rotatable bonds is 14. The molecule has 0 saturated heterocycles. The average Bonchev–Trinajstić information content (AvgIpc) is 2.69. The van der Waals surface area contributed by atoms with Crippen LogP contribution in [0.2, 0.25) is 0 Å². The summed E-state index contributed by atoms with van der Waals surface area (Å²) in [5.74, 6) is -2.03. The topological polar surface area (TPSA) is 118 Å². The van der Waals surface area contributed by atoms with Gasteiger partial charge < -0.3 is 24.6 Å². The normalized spacial score (nSPS) is 12.6. The Hall–Kier alpha value is -2.73. The van der Waals surface area contributed by atoms with Crippen LogP contribution in [0.15, 0.2) is 36.9 Å². The number of carbonyl (C=O) groups excluding carboxylic acids is 1. The van der Waals surface area contributed by atoms with Crippen molar-refractivity contribution in [1.82, 2.24) is 5.32 Å². The van der Waals surface area contributed by atoms with Gasteiger partial charge in [0.05, 0.1) is 43.4 Å². The summed E-state index contributed by atoms with van der Waals surface area (Å²) in [5, 5.41) is 21.0. The number of methoxy groups -OCH3 is 1. The van der Waals surface area contributed by atoms with Crippen molar-refractivity contribution in [2.75, 3.05) is 33.7 Å². The number of nitrogens with one attached hydrogen (secondary N) is 1. The van der Waals surface area contributed by atoms with Crippen molar-refractivity contribution < 1.29 is 28.9 Å². The number of nitrogens with zero attached hydrogens (tertiary/aromatic N) is 1. The first-order chi connectivity index (χ1) is 13.5. The fourth-order valence-electron chi connectivity index (χ4n) is 2.43. The fraction of sp³-hybridized carbons (Fsp3) is 0.450. The summed E-state index contributed by atoms with van der Waals surface area (Å²) < 4.78 is 15.5. The van der Waals surface area contributed by atoms with Gasteiger partial charge in [-0.3, -0.25) is 9.59 Å². The first kappa shape index (κ1) is 23.3. The molecule has 8 heteroatoms. The minimum atomic E-state index is -0.964. The van der Waals surface area contributed by atoms with E-state index in [9.17, 15) is 14.7 Å². The molecule has 0 aliphatic rings. The molecule has 2 N–H and O–H groups in total. The fourth-order valence-corrected chi connectivity index (χ4v) is 2.43. The second-order valence-electron chi connectivity index (χ2n) is 6.04. The summed E-state index contributed by atoms with van der Waals surface area (Å²) >= 11 is 0. The van der Waals surface area contributed by atoms with Gasteiger partial charge in [0.15, 0.2) is 0 Å². The minimum absolute atomic E-state index is 0.00575. The summed E-state index contributed by atoms with van der Waals surface area (Å²) in [4.78, 5) is 23.9. The number of carboxylic acid groups (broad SMARTS) is 1. The Bertz CT molecular complexity index is 668. The van der Waals surface area contributed by atoms with Crippen molar-refractivity contribution in [3.8, 4) is 6.07 Å². The van der Waals surface area contributed by atoms with Crippen LogP contribution in [0.1, 0.15) is 28.8 Å². The molecule has 1 aromatic carbocycles. The highest BCUT2D eigenvalue weighted by molar-refractivity contribution is 5.94. The van der Waals surface area contributed by atoms with E-state index in [1.54, 1.807) is 19.2 Å². The van der Waals surface area contributed by atoms with Gasteiger partial charge in [-0.2, -0.15) is 5.26 Å². The highest BCUT2D eigenvalue weighted by Crippen LogP contribution is 2.14. The van der Waals surface area contributed by atoms with Gasteiger partial charge in [-0.05, 0) is 37.1 Å². The maximum atomic E-state index is 12.5. The molecule has 0 aliphatic carbocycles. The molecular formula is C20H26N2O6. The van der Waals surface area contributed by atoms with Crippen molar-refractivity contribution in [2.24, 2.45) is 5.92 Å². The zero-order valence-electron chi connectivity index (χ0n) is 15.9. The van der Waals surface area contributed by atoms with Crippen molar-refractivity contribution in [2.45, 2.75) is 18.9 Å². The molecule has 1 rings (SSSR count). The van der Waals surface area contributed by atoms with Crippen LogP contribution in [0.3, 0.4) is 0 Å². The van der Waals surface area contributed by atoms with Crippen LogP contribution in [-0.4, -0.2) is 56.7 Å². The lowest BCUT2D eigenvalue weighted by molar-refractivity contribution is -0.142. The Balaban J connectivity index is 2.71. The number of allylic oxidation sites excluding steroid dienone is 1. The lowest BCUT2D eigenvalue weighted by atomic mass is 9.96. The van der Waals surface area contributed by atoms with Crippen molar-refractivity contribution in [3.63, 3.8) is 0 Å². The highest BCUT2D eigenvalue weighted by Gasteiger charge is 2.23. The molecule has 0 aliphatic heterocycles. The van der Waals surface area contributed by atoms with E-state index in [4.69, 9.17) is 19.5 Å². The molecule has 0 heterocycles. The van der Waals surface area contributed by atoms with Gasteiger partial charge in [-0.25, -0.2) is 0 Å². The van der Waals surface area contributed by atoms with E-state index in [0.29, 0.717) is 24.3 Å². The molecule has 0 aromatic heterocycles. The van der Waals surface area contributed by atoms with Crippen LogP contribution in [0.4, 0.5) is 0 Å². The first-order valence-electron chi connectivity index (χ1n) is 8.81. The SMILES string of the molecule is C=CC[C@@H](C[C@@H](COCOCCOC)NC(=O)c1ccc(C#N)cc1)C(=O)O. The molecule has 8 nitrogen and oxygen atoms in total. The molecule has 0 unspecified atom stereocenters. The lowest BCUT2D eigenvalue weighted by Crippen LogP contribution is -2.40. The Morgan fingerprint density at radius 3 is 2.57 bits per heavy atom. The Labute approximate surface area is 164 Å². The minimum Gasteiger partial charge on any atom is -0.481 e. The third-order valence-corrected chi connectivity index (χ3v) is 3.90. The summed E-state index contributed by atoms with van der Waals surface area (Å²) in [5.41, 5.74) is 0.817. The van der Waals surface area contributed by atoms with E-state index in [0.717, 1.165) is 0 Å². The molecule has 1 amide bonds. The van der Waals surface area contributed by atoms with Gasteiger partial charge in [-0.1, -0.05) is 6.08 Å². The van der Waals surface area contributed by atoms with E-state index in [1.165, 1.54) is 18.2 Å². The van der Waals surface area contributed by atoms with Crippen LogP contribution < -0.4 is 5.32 Å². The molecule has 2 atom stereocenters. The standard InChI is InChI=1S/C20H26N2O6/c1-3-4-17(20(24)25)11-18(13-28-14-27-10-9-26-2)22-19(23)16-7-5-15(12-21)6-8-16/h3,5-8,17-18H,1,4,9-11,13-14H2,2H3,(H,22,23)(H,24,25)/t17-,18-/m0/s1. The van der Waals surface area contributed by atoms with Crippen molar-refractivity contribution in [1.29, 1.82) is 5.26 Å². The maximum absolute atomic E-state index is 12.5. The third-order valence-electron chi connectivity index (χ3n) is 3.90. The summed E-state index contributed by atoms with van der Waals surface area (Å²) in [7, 11) is 1.56. The van der Waals surface area contributed by atoms with Gasteiger partial charge in [0.2, 0.25) is 0 Å². The first-order valence-corrected chi connectivity index (χ1v) is 8.81. The summed E-state index contributed by atoms with van der Waals surface area (Å²) in [6, 6.07) is 7.62. The molecule has 0 spiro atoms. The van der Waals surface area contributed by atoms with Crippen LogP contribution in [0.5, 0.6) is 0 Å². The average molecular weight is 390 g/mol. The van der Waals surface area contributed by atoms with E-state index < -0.39 is 17.9 Å². The molecule has 0 fully saturated rings. The number of aliphatic carboxylic acids is 1. The number of hydrogen-bond donors (Lipinski definition) is 2. The van der Waals surface area contributed by atoms with Gasteiger partial charge in [0.1, 0.15) is 6.79 Å². The lowest BCUT2D eigenvalue weighted by Gasteiger charge is -2.22. The smallest absolute Gasteiger partial charge is 0.306 e. The third kappa shape index (κ3) is 8.77. The van der Waals surface area contributed by atoms with Gasteiger partial charge >= 0.3 is 5.97 Å². The highest BCUT2D eigenvalue weighted by atomic mass is 16.7. The number of amides is 1. The summed E-state index contributed by atoms with van der Waals surface area (Å²) in [6.07, 6.45) is 2.00. The molecule has 1 aromatic rings. The quantitative estimate of drug-likeness (QED) is 0.283. The number of hydrogen-bond acceptors (Lipinski definition) is 6. The number of benzene rings is 1. The number of carbonyl (C=O) groups is 2. The summed E-state index contributed by atoms with van der Waals surface area (Å²) in [6.45, 7) is 4.48. The zero-order valence-corrected chi connectivity index (χ0v) is 15.9. The van der Waals surface area contributed by atoms with Crippen molar-refractivity contribution in [3.05, 3.63) is 48.0 Å². The van der Waals surface area contributed by atoms with Crippen LogP contribution >= 0.6 is 0 Å². The van der Waals surface area contributed by atoms with E-state index >= 15 is 0 Å².